The van der Waals surface area contributed by atoms with Crippen LogP contribution in [-0.4, -0.2) is 43.0 Å². The summed E-state index contributed by atoms with van der Waals surface area (Å²) in [4.78, 5) is 35.4. The number of carbonyl (C=O) groups excluding carboxylic acids is 2. The van der Waals surface area contributed by atoms with Crippen LogP contribution in [0.25, 0.3) is 16.9 Å². The van der Waals surface area contributed by atoms with Crippen LogP contribution in [0.15, 0.2) is 66.7 Å². The van der Waals surface area contributed by atoms with E-state index in [9.17, 15) is 19.7 Å². The highest BCUT2D eigenvalue weighted by Crippen LogP contribution is 2.25. The Morgan fingerprint density at radius 1 is 1.03 bits per heavy atom. The number of rotatable bonds is 8. The van der Waals surface area contributed by atoms with Crippen LogP contribution in [0.3, 0.4) is 0 Å². The number of aromatic nitrogens is 4. The van der Waals surface area contributed by atoms with Gasteiger partial charge in [0.15, 0.2) is 6.61 Å². The Bertz CT molecular complexity index is 1380. The van der Waals surface area contributed by atoms with Crippen LogP contribution >= 0.6 is 0 Å². The van der Waals surface area contributed by atoms with Crippen molar-refractivity contribution in [1.82, 2.24) is 19.6 Å². The van der Waals surface area contributed by atoms with E-state index in [0.717, 1.165) is 11.3 Å². The second-order valence-corrected chi connectivity index (χ2v) is 7.67. The van der Waals surface area contributed by atoms with Crippen LogP contribution in [0, 0.1) is 24.0 Å². The fourth-order valence-corrected chi connectivity index (χ4v) is 3.58. The molecule has 4 rings (SSSR count). The number of nitrogens with zero attached hydrogens (tertiary/aromatic N) is 5. The summed E-state index contributed by atoms with van der Waals surface area (Å²) in [5.41, 5.74) is 2.55. The third-order valence-corrected chi connectivity index (χ3v) is 5.22. The summed E-state index contributed by atoms with van der Waals surface area (Å²) in [7, 11) is 0. The second kappa shape index (κ2) is 10.00. The van der Waals surface area contributed by atoms with Crippen molar-refractivity contribution in [2.24, 2.45) is 0 Å². The zero-order valence-corrected chi connectivity index (χ0v) is 19.0. The van der Waals surface area contributed by atoms with E-state index in [-0.39, 0.29) is 23.6 Å². The molecular weight excluding hydrogens is 452 g/mol. The summed E-state index contributed by atoms with van der Waals surface area (Å²) in [6.45, 7) is 2.09. The van der Waals surface area contributed by atoms with Gasteiger partial charge < -0.3 is 10.1 Å². The number of anilines is 1. The number of esters is 1. The topological polar surface area (TPSA) is 134 Å². The minimum absolute atomic E-state index is 0.154. The largest absolute Gasteiger partial charge is 0.454 e. The molecule has 0 aliphatic heterocycles. The zero-order chi connectivity index (χ0) is 24.9. The number of hydrogen-bond acceptors (Lipinski definition) is 7. The van der Waals surface area contributed by atoms with Crippen LogP contribution in [0.5, 0.6) is 0 Å². The van der Waals surface area contributed by atoms with E-state index in [1.54, 1.807) is 10.7 Å². The van der Waals surface area contributed by atoms with Crippen LogP contribution in [0.4, 0.5) is 11.5 Å². The molecule has 0 aliphatic rings. The second-order valence-electron chi connectivity index (χ2n) is 7.67. The smallest absolute Gasteiger partial charge is 0.328 e. The lowest BCUT2D eigenvalue weighted by Gasteiger charge is -2.09. The molecule has 2 aromatic heterocycles. The molecule has 0 radical (unpaired) electrons. The molecule has 2 aromatic carbocycles. The first-order valence-corrected chi connectivity index (χ1v) is 10.7. The highest BCUT2D eigenvalue weighted by atomic mass is 16.6. The number of hydrogen-bond donors (Lipinski definition) is 1. The quantitative estimate of drug-likeness (QED) is 0.235. The number of ether oxygens (including phenoxy) is 1. The average molecular weight is 474 g/mol. The lowest BCUT2D eigenvalue weighted by molar-refractivity contribution is -0.386. The minimum atomic E-state index is -0.748. The number of aryl methyl sites for hydroxylation is 1. The number of para-hydroxylation sites is 1. The summed E-state index contributed by atoms with van der Waals surface area (Å²) >= 11 is 0. The van der Waals surface area contributed by atoms with Gasteiger partial charge in [-0.25, -0.2) is 4.68 Å². The molecule has 0 aliphatic carbocycles. The Balaban J connectivity index is 1.45. The van der Waals surface area contributed by atoms with Gasteiger partial charge in [0.25, 0.3) is 5.91 Å². The lowest BCUT2D eigenvalue weighted by Crippen LogP contribution is -2.24. The van der Waals surface area contributed by atoms with Gasteiger partial charge in [-0.3, -0.25) is 24.4 Å². The first-order valence-electron chi connectivity index (χ1n) is 10.7. The van der Waals surface area contributed by atoms with Gasteiger partial charge in [-0.1, -0.05) is 48.5 Å². The highest BCUT2D eigenvalue weighted by molar-refractivity contribution is 5.93. The summed E-state index contributed by atoms with van der Waals surface area (Å²) < 4.78 is 7.85. The molecular formula is C24H22N6O5. The Morgan fingerprint density at radius 3 is 2.31 bits per heavy atom. The molecule has 11 nitrogen and oxygen atoms in total. The van der Waals surface area contributed by atoms with E-state index in [2.05, 4.69) is 15.5 Å². The molecule has 0 fully saturated rings. The van der Waals surface area contributed by atoms with E-state index < -0.39 is 23.4 Å². The molecule has 2 heterocycles. The van der Waals surface area contributed by atoms with Crippen molar-refractivity contribution in [3.63, 3.8) is 0 Å². The highest BCUT2D eigenvalue weighted by Gasteiger charge is 2.23. The van der Waals surface area contributed by atoms with Gasteiger partial charge in [0.1, 0.15) is 23.8 Å². The third kappa shape index (κ3) is 5.24. The van der Waals surface area contributed by atoms with Crippen LogP contribution in [0.1, 0.15) is 11.4 Å². The predicted molar refractivity (Wildman–Crippen MR) is 127 cm³/mol. The van der Waals surface area contributed by atoms with E-state index in [4.69, 9.17) is 4.74 Å². The molecule has 0 saturated heterocycles. The normalized spacial score (nSPS) is 10.7. The number of benzene rings is 2. The predicted octanol–water partition coefficient (Wildman–Crippen LogP) is 3.44. The Labute approximate surface area is 200 Å². The maximum Gasteiger partial charge on any atom is 0.328 e. The molecule has 4 aromatic rings. The SMILES string of the molecule is Cc1nn(CC(=O)OCC(=O)Nc2cc(-c3ccccc3)nn2-c2ccccc2)c(C)c1[N+](=O)[O-]. The lowest BCUT2D eigenvalue weighted by atomic mass is 10.2. The fourth-order valence-electron chi connectivity index (χ4n) is 3.58. The van der Waals surface area contributed by atoms with Crippen LogP contribution in [0.2, 0.25) is 0 Å². The van der Waals surface area contributed by atoms with E-state index in [0.29, 0.717) is 11.5 Å². The van der Waals surface area contributed by atoms with Gasteiger partial charge in [-0.15, -0.1) is 0 Å². The van der Waals surface area contributed by atoms with Crippen molar-refractivity contribution in [1.29, 1.82) is 0 Å². The maximum atomic E-state index is 12.6. The molecule has 178 valence electrons. The molecule has 0 atom stereocenters. The van der Waals surface area contributed by atoms with E-state index in [1.165, 1.54) is 18.5 Å². The van der Waals surface area contributed by atoms with Crippen molar-refractivity contribution in [3.8, 4) is 16.9 Å². The summed E-state index contributed by atoms with van der Waals surface area (Å²) in [5, 5.41) is 22.5. The molecule has 0 bridgehead atoms. The van der Waals surface area contributed by atoms with Crippen molar-refractivity contribution in [2.75, 3.05) is 11.9 Å². The Morgan fingerprint density at radius 2 is 1.69 bits per heavy atom. The first-order chi connectivity index (χ1) is 16.8. The van der Waals surface area contributed by atoms with Gasteiger partial charge in [0.2, 0.25) is 0 Å². The molecule has 11 heteroatoms. The van der Waals surface area contributed by atoms with Crippen LogP contribution in [-0.2, 0) is 20.9 Å². The van der Waals surface area contributed by atoms with Crippen molar-refractivity contribution in [3.05, 3.63) is 88.2 Å². The summed E-state index contributed by atoms with van der Waals surface area (Å²) in [6.07, 6.45) is 0. The van der Waals surface area contributed by atoms with Gasteiger partial charge in [-0.05, 0) is 26.0 Å². The molecule has 1 amide bonds. The van der Waals surface area contributed by atoms with Gasteiger partial charge in [-0.2, -0.15) is 10.2 Å². The van der Waals surface area contributed by atoms with Crippen molar-refractivity contribution >= 4 is 23.4 Å². The Hall–Kier alpha value is -4.80. The van der Waals surface area contributed by atoms with Gasteiger partial charge in [0.05, 0.1) is 16.3 Å². The number of nitrogens with one attached hydrogen (secondary N) is 1. The van der Waals surface area contributed by atoms with E-state index >= 15 is 0 Å². The number of nitro groups is 1. The van der Waals surface area contributed by atoms with Crippen molar-refractivity contribution in [2.45, 2.75) is 20.4 Å². The molecule has 35 heavy (non-hydrogen) atoms. The third-order valence-electron chi connectivity index (χ3n) is 5.22. The Kier molecular flexibility index (Phi) is 6.67. The van der Waals surface area contributed by atoms with Crippen LogP contribution < -0.4 is 5.32 Å². The minimum Gasteiger partial charge on any atom is -0.454 e. The maximum absolute atomic E-state index is 12.6. The van der Waals surface area contributed by atoms with Gasteiger partial charge >= 0.3 is 11.7 Å². The molecule has 1 N–H and O–H groups in total. The zero-order valence-electron chi connectivity index (χ0n) is 19.0. The van der Waals surface area contributed by atoms with E-state index in [1.807, 2.05) is 60.7 Å². The summed E-state index contributed by atoms with van der Waals surface area (Å²) in [6, 6.07) is 20.5. The standard InChI is InChI=1S/C24H22N6O5/c1-16-24(30(33)34)17(2)28(26-16)14-23(32)35-15-22(31)25-21-13-20(18-9-5-3-6-10-18)27-29(21)19-11-7-4-8-12-19/h3-13H,14-15H2,1-2H3,(H,25,31). The number of carbonyl (C=O) groups is 2. The fraction of sp³-hybridized carbons (Fsp3) is 0.167. The summed E-state index contributed by atoms with van der Waals surface area (Å²) in [5.74, 6) is -0.901. The molecule has 0 unspecified atom stereocenters. The molecule has 0 spiro atoms. The monoisotopic (exact) mass is 474 g/mol. The molecule has 0 saturated carbocycles. The average Bonchev–Trinajstić information content (AvgIpc) is 3.39. The van der Waals surface area contributed by atoms with Gasteiger partial charge in [0, 0.05) is 11.6 Å². The number of amides is 1. The first kappa shape index (κ1) is 23.4. The van der Waals surface area contributed by atoms with Crippen molar-refractivity contribution < 1.29 is 19.2 Å².